The Bertz CT molecular complexity index is 316. The molecule has 1 nitrogen and oxygen atoms in total. The molecule has 0 aromatic carbocycles. The van der Waals surface area contributed by atoms with Gasteiger partial charge in [0.1, 0.15) is 0 Å². The minimum absolute atomic E-state index is 0.233. The Kier molecular flexibility index (Phi) is 5.73. The molecule has 0 radical (unpaired) electrons. The monoisotopic (exact) mass is 329 g/mol. The first-order chi connectivity index (χ1) is 8.14. The number of hydrogen-bond acceptors (Lipinski definition) is 1. The van der Waals surface area contributed by atoms with E-state index in [-0.39, 0.29) is 5.92 Å². The topological polar surface area (TPSA) is 23.8 Å². The van der Waals surface area contributed by atoms with Crippen LogP contribution in [0.2, 0.25) is 64.5 Å². The van der Waals surface area contributed by atoms with Crippen LogP contribution in [0, 0.1) is 17.2 Å². The molecule has 0 saturated carbocycles. The standard InChI is InChI=1S/C14H35NSi4/c1-13(12-15)14(2)19(16(3,4)5,17(6,7)8)18(9,10)11/h13-14H,1-11H3/t13-,14-/m1/s1. The van der Waals surface area contributed by atoms with Gasteiger partial charge in [-0.15, -0.1) is 0 Å². The highest BCUT2D eigenvalue weighted by atomic mass is 29.9. The van der Waals surface area contributed by atoms with Crippen LogP contribution in [0.15, 0.2) is 0 Å². The Morgan fingerprint density at radius 1 is 0.684 bits per heavy atom. The minimum atomic E-state index is -1.39. The largest absolute Gasteiger partial charge is 0.198 e. The highest BCUT2D eigenvalue weighted by Crippen LogP contribution is 2.47. The van der Waals surface area contributed by atoms with Gasteiger partial charge in [-0.25, -0.2) is 0 Å². The molecule has 2 atom stereocenters. The van der Waals surface area contributed by atoms with Crippen molar-refractivity contribution in [3.05, 3.63) is 0 Å². The molecule has 5 heteroatoms. The number of nitriles is 1. The van der Waals surface area contributed by atoms with Crippen LogP contribution in [0.5, 0.6) is 0 Å². The first kappa shape index (κ1) is 19.4. The van der Waals surface area contributed by atoms with Crippen molar-refractivity contribution in [1.29, 1.82) is 5.26 Å². The molecule has 0 aliphatic heterocycles. The maximum Gasteiger partial charge on any atom is 0.0652 e. The zero-order chi connectivity index (χ0) is 15.9. The molecule has 0 N–H and O–H groups in total. The van der Waals surface area contributed by atoms with Gasteiger partial charge in [-0.2, -0.15) is 5.26 Å². The summed E-state index contributed by atoms with van der Waals surface area (Å²) in [5.41, 5.74) is 0.669. The van der Waals surface area contributed by atoms with Crippen LogP contribution in [0.25, 0.3) is 0 Å². The van der Waals surface area contributed by atoms with Crippen molar-refractivity contribution in [3.63, 3.8) is 0 Å². The SMILES string of the molecule is C[C@H](C#N)[C@@H](C)[Si]([Si](C)(C)C)([Si](C)(C)C)[Si](C)(C)C. The summed E-state index contributed by atoms with van der Waals surface area (Å²) in [6, 6.07) is 2.59. The molecule has 19 heavy (non-hydrogen) atoms. The minimum Gasteiger partial charge on any atom is -0.198 e. The molecule has 0 aromatic heterocycles. The summed E-state index contributed by atoms with van der Waals surface area (Å²) < 4.78 is 0. The molecule has 0 rings (SSSR count). The van der Waals surface area contributed by atoms with E-state index in [9.17, 15) is 5.26 Å². The molecule has 112 valence electrons. The second-order valence-electron chi connectivity index (χ2n) is 9.26. The molecule has 0 saturated heterocycles. The summed E-state index contributed by atoms with van der Waals surface area (Å²) >= 11 is 0. The maximum absolute atomic E-state index is 9.48. The second-order valence-corrected chi connectivity index (χ2v) is 50.4. The molecular formula is C14H35NSi4. The molecule has 0 aliphatic carbocycles. The first-order valence-electron chi connectivity index (χ1n) is 7.54. The first-order valence-corrected chi connectivity index (χ1v) is 23.1. The van der Waals surface area contributed by atoms with Gasteiger partial charge < -0.3 is 0 Å². The van der Waals surface area contributed by atoms with E-state index in [0.29, 0.717) is 5.54 Å². The van der Waals surface area contributed by atoms with Gasteiger partial charge in [0.15, 0.2) is 0 Å². The predicted molar refractivity (Wildman–Crippen MR) is 100.0 cm³/mol. The fourth-order valence-electron chi connectivity index (χ4n) is 5.91. The van der Waals surface area contributed by atoms with Crippen LogP contribution in [-0.4, -0.2) is 29.4 Å². The van der Waals surface area contributed by atoms with Crippen molar-refractivity contribution in [2.75, 3.05) is 0 Å². The van der Waals surface area contributed by atoms with E-state index >= 15 is 0 Å². The van der Waals surface area contributed by atoms with E-state index < -0.39 is 29.4 Å². The normalized spacial score (nSPS) is 17.8. The summed E-state index contributed by atoms with van der Waals surface area (Å²) in [6.45, 7) is 26.7. The summed E-state index contributed by atoms with van der Waals surface area (Å²) in [5.74, 6) is 0.233. The van der Waals surface area contributed by atoms with Crippen LogP contribution in [-0.2, 0) is 0 Å². The Morgan fingerprint density at radius 3 is 1.11 bits per heavy atom. The van der Waals surface area contributed by atoms with Crippen molar-refractivity contribution < 1.29 is 0 Å². The van der Waals surface area contributed by atoms with Gasteiger partial charge in [0.25, 0.3) is 0 Å². The van der Waals surface area contributed by atoms with Gasteiger partial charge in [0.05, 0.1) is 6.07 Å². The van der Waals surface area contributed by atoms with E-state index in [1.807, 2.05) is 0 Å². The molecule has 0 aromatic rings. The Hall–Kier alpha value is 0.358. The molecule has 0 amide bonds. The van der Waals surface area contributed by atoms with Gasteiger partial charge in [-0.3, -0.25) is 0 Å². The molecule has 0 aliphatic rings. The average Bonchev–Trinajstić information content (AvgIpc) is 2.09. The van der Waals surface area contributed by atoms with Gasteiger partial charge in [-0.05, 0) is 12.5 Å². The van der Waals surface area contributed by atoms with Crippen LogP contribution < -0.4 is 0 Å². The average molecular weight is 330 g/mol. The van der Waals surface area contributed by atoms with Crippen LogP contribution in [0.1, 0.15) is 13.8 Å². The van der Waals surface area contributed by atoms with Crippen molar-refractivity contribution in [2.24, 2.45) is 5.92 Å². The number of hydrogen-bond donors (Lipinski definition) is 0. The number of rotatable bonds is 5. The third kappa shape index (κ3) is 3.17. The Labute approximate surface area is 125 Å². The van der Waals surface area contributed by atoms with E-state index in [1.165, 1.54) is 0 Å². The van der Waals surface area contributed by atoms with Gasteiger partial charge in [0, 0.05) is 35.3 Å². The molecule has 0 heterocycles. The zero-order valence-electron chi connectivity index (χ0n) is 15.1. The van der Waals surface area contributed by atoms with Crippen molar-refractivity contribution >= 4 is 29.4 Å². The van der Waals surface area contributed by atoms with Crippen molar-refractivity contribution in [2.45, 2.75) is 78.3 Å². The fraction of sp³-hybridized carbons (Fsp3) is 0.929. The van der Waals surface area contributed by atoms with Gasteiger partial charge >= 0.3 is 0 Å². The quantitative estimate of drug-likeness (QED) is 0.633. The van der Waals surface area contributed by atoms with Crippen molar-refractivity contribution in [3.8, 4) is 6.07 Å². The molecule has 0 unspecified atom stereocenters. The lowest BCUT2D eigenvalue weighted by atomic mass is 10.1. The van der Waals surface area contributed by atoms with E-state index in [0.717, 1.165) is 0 Å². The van der Waals surface area contributed by atoms with E-state index in [1.54, 1.807) is 0 Å². The fourth-order valence-corrected chi connectivity index (χ4v) is 113. The van der Waals surface area contributed by atoms with Gasteiger partial charge in [0.2, 0.25) is 0 Å². The number of nitrogens with zero attached hydrogens (tertiary/aromatic N) is 1. The highest BCUT2D eigenvalue weighted by molar-refractivity contribution is 7.89. The summed E-state index contributed by atoms with van der Waals surface area (Å²) in [4.78, 5) is 0. The second kappa shape index (κ2) is 5.62. The van der Waals surface area contributed by atoms with Crippen LogP contribution in [0.4, 0.5) is 0 Å². The molecule has 0 fully saturated rings. The lowest BCUT2D eigenvalue weighted by molar-refractivity contribution is 0.699. The van der Waals surface area contributed by atoms with E-state index in [2.05, 4.69) is 78.8 Å². The Balaban J connectivity index is 6.37. The Morgan fingerprint density at radius 2 is 0.947 bits per heavy atom. The zero-order valence-corrected chi connectivity index (χ0v) is 19.1. The van der Waals surface area contributed by atoms with Crippen LogP contribution in [0.3, 0.4) is 0 Å². The van der Waals surface area contributed by atoms with E-state index in [4.69, 9.17) is 0 Å². The molecule has 0 bridgehead atoms. The van der Waals surface area contributed by atoms with Gasteiger partial charge in [-0.1, -0.05) is 65.8 Å². The maximum atomic E-state index is 9.48. The lowest BCUT2D eigenvalue weighted by Gasteiger charge is -2.61. The lowest BCUT2D eigenvalue weighted by Crippen LogP contribution is -2.84. The predicted octanol–water partition coefficient (Wildman–Crippen LogP) is 5.23. The molecular weight excluding hydrogens is 295 g/mol. The smallest absolute Gasteiger partial charge is 0.0652 e. The highest BCUT2D eigenvalue weighted by Gasteiger charge is 2.64. The van der Waals surface area contributed by atoms with Crippen molar-refractivity contribution in [1.82, 2.24) is 0 Å². The summed E-state index contributed by atoms with van der Waals surface area (Å²) in [5, 5.41) is 9.48. The third-order valence-electron chi connectivity index (χ3n) is 5.19. The summed E-state index contributed by atoms with van der Waals surface area (Å²) in [7, 11) is -3.72. The molecule has 0 spiro atoms. The van der Waals surface area contributed by atoms with Crippen LogP contribution >= 0.6 is 0 Å². The third-order valence-corrected chi connectivity index (χ3v) is 80.0. The summed E-state index contributed by atoms with van der Waals surface area (Å²) in [6.07, 6.45) is 0.